The van der Waals surface area contributed by atoms with E-state index in [4.69, 9.17) is 14.2 Å². The number of fused-ring (bicyclic) bond motifs is 3. The molecule has 5 unspecified atom stereocenters. The van der Waals surface area contributed by atoms with Crippen LogP contribution in [0.4, 0.5) is 0 Å². The normalized spacial score (nSPS) is 30.5. The van der Waals surface area contributed by atoms with Crippen LogP contribution in [0.25, 0.3) is 0 Å². The number of aliphatic hydroxyl groups excluding tert-OH is 2. The van der Waals surface area contributed by atoms with Crippen LogP contribution < -0.4 is 4.74 Å². The fraction of sp³-hybridized carbons (Fsp3) is 0.517. The third-order valence-corrected chi connectivity index (χ3v) is 8.54. The van der Waals surface area contributed by atoms with Crippen molar-refractivity contribution in [1.29, 1.82) is 0 Å². The van der Waals surface area contributed by atoms with Gasteiger partial charge in [-0.3, -0.25) is 9.59 Å². The van der Waals surface area contributed by atoms with Crippen LogP contribution in [0.5, 0.6) is 17.2 Å². The van der Waals surface area contributed by atoms with Crippen LogP contribution in [0.3, 0.4) is 0 Å². The summed E-state index contributed by atoms with van der Waals surface area (Å²) in [5, 5.41) is 55.5. The molecule has 1 aliphatic heterocycles. The number of rotatable bonds is 5. The predicted octanol–water partition coefficient (Wildman–Crippen LogP) is 1.42. The van der Waals surface area contributed by atoms with Crippen LogP contribution >= 0.6 is 0 Å². The summed E-state index contributed by atoms with van der Waals surface area (Å²) in [5.74, 6) is -2.36. The van der Waals surface area contributed by atoms with Gasteiger partial charge in [0.25, 0.3) is 0 Å². The zero-order valence-corrected chi connectivity index (χ0v) is 23.0. The van der Waals surface area contributed by atoms with Crippen molar-refractivity contribution >= 4 is 11.6 Å². The maximum atomic E-state index is 13.7. The van der Waals surface area contributed by atoms with Crippen molar-refractivity contribution in [3.8, 4) is 17.2 Å². The number of aliphatic hydroxyl groups is 3. The number of phenols is 2. The highest BCUT2D eigenvalue weighted by molar-refractivity contribution is 6.31. The molecular weight excluding hydrogens is 522 g/mol. The second-order valence-corrected chi connectivity index (χ2v) is 11.2. The number of carbonyl (C=O) groups is 2. The molecule has 0 aromatic heterocycles. The molecule has 2 aliphatic carbocycles. The SMILES string of the molecule is COc1cccc2c1C(=O)c1c(O)c3c(c(O)c1C2=O)C[C@@](O)(C(C)O)C[C@@H]3OC1CC(N(C)C)C(O)C(C)O1. The number of ether oxygens (including phenoxy) is 3. The largest absolute Gasteiger partial charge is 0.507 e. The molecule has 2 aromatic carbocycles. The first-order valence-electron chi connectivity index (χ1n) is 13.2. The minimum Gasteiger partial charge on any atom is -0.507 e. The molecule has 1 heterocycles. The third-order valence-electron chi connectivity index (χ3n) is 8.54. The van der Waals surface area contributed by atoms with E-state index in [1.807, 2.05) is 19.0 Å². The van der Waals surface area contributed by atoms with E-state index < -0.39 is 59.4 Å². The average Bonchev–Trinajstić information content (AvgIpc) is 2.90. The number of carbonyl (C=O) groups excluding carboxylic acids is 2. The Hall–Kier alpha value is -3.06. The van der Waals surface area contributed by atoms with Crippen LogP contribution in [0.2, 0.25) is 0 Å². The van der Waals surface area contributed by atoms with Gasteiger partial charge in [0.1, 0.15) is 17.2 Å². The van der Waals surface area contributed by atoms with E-state index in [1.165, 1.54) is 26.2 Å². The van der Waals surface area contributed by atoms with E-state index in [9.17, 15) is 35.1 Å². The number of aromatic hydroxyl groups is 2. The van der Waals surface area contributed by atoms with E-state index in [-0.39, 0.29) is 64.4 Å². The summed E-state index contributed by atoms with van der Waals surface area (Å²) in [6.45, 7) is 3.10. The number of methoxy groups -OCH3 is 1. The number of hydrogen-bond donors (Lipinski definition) is 5. The number of benzene rings is 2. The van der Waals surface area contributed by atoms with Crippen molar-refractivity contribution in [3.05, 3.63) is 51.6 Å². The fourth-order valence-electron chi connectivity index (χ4n) is 6.19. The molecule has 5 N–H and O–H groups in total. The Labute approximate surface area is 231 Å². The minimum atomic E-state index is -1.79. The van der Waals surface area contributed by atoms with Gasteiger partial charge < -0.3 is 44.6 Å². The zero-order valence-electron chi connectivity index (χ0n) is 23.0. The lowest BCUT2D eigenvalue weighted by atomic mass is 9.71. The van der Waals surface area contributed by atoms with Gasteiger partial charge in [0.05, 0.1) is 53.8 Å². The van der Waals surface area contributed by atoms with Gasteiger partial charge in [-0.05, 0) is 34.0 Å². The molecule has 40 heavy (non-hydrogen) atoms. The molecule has 0 saturated carbocycles. The van der Waals surface area contributed by atoms with Crippen molar-refractivity contribution in [3.63, 3.8) is 0 Å². The second kappa shape index (κ2) is 10.1. The highest BCUT2D eigenvalue weighted by Crippen LogP contribution is 2.53. The quantitative estimate of drug-likeness (QED) is 0.288. The zero-order chi connectivity index (χ0) is 29.3. The molecule has 3 aliphatic rings. The standard InChI is InChI=1S/C29H35NO10/c1-12-24(32)16(30(3)4)9-19(39-12)40-18-11-29(37,13(2)31)10-15-21(18)28(36)23-22(26(15)34)25(33)14-7-6-8-17(38-5)20(14)27(23)35/h6-8,12-13,16,18-19,24,31-32,34,36-37H,9-11H2,1-5H3/t12?,13?,16?,18-,19?,24?,29-/m0/s1. The van der Waals surface area contributed by atoms with Crippen LogP contribution in [0.1, 0.15) is 75.8 Å². The fourth-order valence-corrected chi connectivity index (χ4v) is 6.19. The molecule has 1 fully saturated rings. The van der Waals surface area contributed by atoms with Crippen molar-refractivity contribution in [2.75, 3.05) is 21.2 Å². The summed E-state index contributed by atoms with van der Waals surface area (Å²) in [6.07, 6.45) is -4.95. The molecule has 0 amide bonds. The van der Waals surface area contributed by atoms with E-state index in [0.717, 1.165) is 0 Å². The average molecular weight is 558 g/mol. The van der Waals surface area contributed by atoms with E-state index >= 15 is 0 Å². The van der Waals surface area contributed by atoms with Gasteiger partial charge in [0.2, 0.25) is 5.78 Å². The summed E-state index contributed by atoms with van der Waals surface area (Å²) in [7, 11) is 4.99. The summed E-state index contributed by atoms with van der Waals surface area (Å²) >= 11 is 0. The lowest BCUT2D eigenvalue weighted by molar-refractivity contribution is -0.259. The molecule has 0 spiro atoms. The Morgan fingerprint density at radius 1 is 1.10 bits per heavy atom. The Morgan fingerprint density at radius 3 is 2.40 bits per heavy atom. The Balaban J connectivity index is 1.66. The summed E-state index contributed by atoms with van der Waals surface area (Å²) < 4.78 is 17.5. The number of phenolic OH excluding ortho intramolecular Hbond substituents is 2. The molecule has 216 valence electrons. The first kappa shape index (κ1) is 28.5. The topological polar surface area (TPSA) is 166 Å². The molecular formula is C29H35NO10. The molecule has 5 rings (SSSR count). The van der Waals surface area contributed by atoms with Crippen molar-refractivity contribution in [2.45, 2.75) is 75.5 Å². The molecule has 0 radical (unpaired) electrons. The minimum absolute atomic E-state index is 0.00329. The maximum absolute atomic E-state index is 13.7. The second-order valence-electron chi connectivity index (χ2n) is 11.2. The molecule has 1 saturated heterocycles. The summed E-state index contributed by atoms with van der Waals surface area (Å²) in [5.41, 5.74) is -2.54. The number of ketones is 2. The van der Waals surface area contributed by atoms with Crippen molar-refractivity contribution in [2.24, 2.45) is 0 Å². The van der Waals surface area contributed by atoms with Gasteiger partial charge in [-0.25, -0.2) is 0 Å². The van der Waals surface area contributed by atoms with Crippen LogP contribution in [0, 0.1) is 0 Å². The lowest BCUT2D eigenvalue weighted by Gasteiger charge is -2.45. The van der Waals surface area contributed by atoms with Crippen molar-refractivity contribution < 1.29 is 49.3 Å². The van der Waals surface area contributed by atoms with E-state index in [0.29, 0.717) is 0 Å². The third kappa shape index (κ3) is 4.28. The Morgan fingerprint density at radius 2 is 1.77 bits per heavy atom. The number of hydrogen-bond acceptors (Lipinski definition) is 11. The van der Waals surface area contributed by atoms with Gasteiger partial charge in [0, 0.05) is 42.0 Å². The smallest absolute Gasteiger partial charge is 0.202 e. The van der Waals surface area contributed by atoms with Gasteiger partial charge in [0.15, 0.2) is 12.1 Å². The first-order chi connectivity index (χ1) is 18.8. The molecule has 11 nitrogen and oxygen atoms in total. The monoisotopic (exact) mass is 557 g/mol. The van der Waals surface area contributed by atoms with Gasteiger partial charge in [-0.2, -0.15) is 0 Å². The molecule has 2 aromatic rings. The number of nitrogens with zero attached hydrogens (tertiary/aromatic N) is 1. The van der Waals surface area contributed by atoms with Gasteiger partial charge >= 0.3 is 0 Å². The van der Waals surface area contributed by atoms with Crippen LogP contribution in [0.15, 0.2) is 18.2 Å². The first-order valence-corrected chi connectivity index (χ1v) is 13.2. The van der Waals surface area contributed by atoms with Gasteiger partial charge in [-0.1, -0.05) is 12.1 Å². The lowest BCUT2D eigenvalue weighted by Crippen LogP contribution is -2.54. The highest BCUT2D eigenvalue weighted by Gasteiger charge is 2.49. The molecule has 0 bridgehead atoms. The van der Waals surface area contributed by atoms with Crippen LogP contribution in [-0.4, -0.2) is 99.4 Å². The summed E-state index contributed by atoms with van der Waals surface area (Å²) in [6, 6.07) is 4.19. The predicted molar refractivity (Wildman–Crippen MR) is 141 cm³/mol. The molecule has 7 atom stereocenters. The highest BCUT2D eigenvalue weighted by atomic mass is 16.7. The van der Waals surface area contributed by atoms with Crippen molar-refractivity contribution in [1.82, 2.24) is 4.90 Å². The van der Waals surface area contributed by atoms with E-state index in [1.54, 1.807) is 13.0 Å². The Bertz CT molecular complexity index is 1370. The van der Waals surface area contributed by atoms with E-state index in [2.05, 4.69) is 0 Å². The van der Waals surface area contributed by atoms with Crippen LogP contribution in [-0.2, 0) is 15.9 Å². The molecule has 11 heteroatoms. The summed E-state index contributed by atoms with van der Waals surface area (Å²) in [4.78, 5) is 29.1. The van der Waals surface area contributed by atoms with Gasteiger partial charge in [-0.15, -0.1) is 0 Å². The Kier molecular flexibility index (Phi) is 7.18. The maximum Gasteiger partial charge on any atom is 0.202 e. The number of likely N-dealkylation sites (N-methyl/N-ethyl adjacent to an activating group) is 1.